The van der Waals surface area contributed by atoms with Crippen LogP contribution >= 0.6 is 0 Å². The summed E-state index contributed by atoms with van der Waals surface area (Å²) in [5.41, 5.74) is 0.138. The summed E-state index contributed by atoms with van der Waals surface area (Å²) in [7, 11) is 0. The number of allylic oxidation sites excluding steroid dienone is 2. The van der Waals surface area contributed by atoms with Crippen molar-refractivity contribution in [3.63, 3.8) is 0 Å². The number of nitrogens with zero attached hydrogens (tertiary/aromatic N) is 3. The van der Waals surface area contributed by atoms with Crippen molar-refractivity contribution in [2.45, 2.75) is 39.0 Å². The van der Waals surface area contributed by atoms with Crippen LogP contribution in [-0.4, -0.2) is 22.3 Å². The van der Waals surface area contributed by atoms with E-state index in [2.05, 4.69) is 11.1 Å². The average molecular weight is 329 g/mol. The molecule has 0 saturated heterocycles. The van der Waals surface area contributed by atoms with E-state index in [-0.39, 0.29) is 12.2 Å². The fourth-order valence-corrected chi connectivity index (χ4v) is 2.85. The third-order valence-corrected chi connectivity index (χ3v) is 4.06. The Morgan fingerprint density at radius 3 is 2.62 bits per heavy atom. The first-order valence-electron chi connectivity index (χ1n) is 7.57. The molecule has 0 bridgehead atoms. The predicted molar refractivity (Wildman–Crippen MR) is 85.7 cm³/mol. The first kappa shape index (κ1) is 16.2. The van der Waals surface area contributed by atoms with Crippen LogP contribution in [0.1, 0.15) is 26.3 Å². The van der Waals surface area contributed by atoms with Gasteiger partial charge in [0.1, 0.15) is 24.3 Å². The maximum absolute atomic E-state index is 13.8. The van der Waals surface area contributed by atoms with E-state index in [1.807, 2.05) is 27.0 Å². The number of hydrogen-bond acceptors (Lipinski definition) is 4. The molecule has 0 radical (unpaired) electrons. The van der Waals surface area contributed by atoms with Crippen LogP contribution in [0.5, 0.6) is 0 Å². The van der Waals surface area contributed by atoms with E-state index in [0.717, 1.165) is 5.57 Å². The second-order valence-electron chi connectivity index (χ2n) is 6.40. The Labute approximate surface area is 139 Å². The lowest BCUT2D eigenvalue weighted by Crippen LogP contribution is -2.41. The normalized spacial score (nSPS) is 21.4. The fraction of sp³-hybridized carbons (Fsp3) is 0.333. The van der Waals surface area contributed by atoms with Crippen LogP contribution in [0.25, 0.3) is 0 Å². The smallest absolute Gasteiger partial charge is 0.172 e. The molecule has 2 heterocycles. The molecular weight excluding hydrogens is 312 g/mol. The summed E-state index contributed by atoms with van der Waals surface area (Å²) in [5, 5.41) is 9.44. The van der Waals surface area contributed by atoms with Gasteiger partial charge in [-0.2, -0.15) is 5.26 Å². The van der Waals surface area contributed by atoms with Crippen LogP contribution in [0.15, 0.2) is 46.8 Å². The van der Waals surface area contributed by atoms with E-state index in [4.69, 9.17) is 4.74 Å². The van der Waals surface area contributed by atoms with Crippen LogP contribution in [0.3, 0.4) is 0 Å². The van der Waals surface area contributed by atoms with Gasteiger partial charge in [0.2, 0.25) is 0 Å². The van der Waals surface area contributed by atoms with E-state index in [1.165, 1.54) is 18.2 Å². The molecule has 4 nitrogen and oxygen atoms in total. The van der Waals surface area contributed by atoms with Crippen LogP contribution in [0.4, 0.5) is 8.78 Å². The van der Waals surface area contributed by atoms with Gasteiger partial charge in [0, 0.05) is 6.20 Å². The number of nitriles is 1. The Bertz CT molecular complexity index is 798. The Kier molecular flexibility index (Phi) is 3.88. The SMILES string of the molecule is CC1=CN2C(=NC(C)(C)C2C#N)C(OCc2c(F)cccc2F)=C1. The Morgan fingerprint density at radius 2 is 2.00 bits per heavy atom. The molecule has 0 spiro atoms. The van der Waals surface area contributed by atoms with Crippen molar-refractivity contribution in [2.24, 2.45) is 4.99 Å². The van der Waals surface area contributed by atoms with E-state index < -0.39 is 23.2 Å². The zero-order valence-electron chi connectivity index (χ0n) is 13.7. The maximum Gasteiger partial charge on any atom is 0.172 e. The van der Waals surface area contributed by atoms with Crippen molar-refractivity contribution in [2.75, 3.05) is 0 Å². The second kappa shape index (κ2) is 5.75. The summed E-state index contributed by atoms with van der Waals surface area (Å²) in [6.45, 7) is 5.35. The van der Waals surface area contributed by atoms with Crippen LogP contribution in [0.2, 0.25) is 0 Å². The summed E-state index contributed by atoms with van der Waals surface area (Å²) in [5.74, 6) is -0.393. The van der Waals surface area contributed by atoms with Crippen molar-refractivity contribution >= 4 is 5.84 Å². The van der Waals surface area contributed by atoms with Crippen LogP contribution in [0, 0.1) is 23.0 Å². The van der Waals surface area contributed by atoms with Gasteiger partial charge < -0.3 is 9.64 Å². The Balaban J connectivity index is 1.89. The monoisotopic (exact) mass is 329 g/mol. The standard InChI is InChI=1S/C18H17F2N3O/c1-11-7-15(24-10-12-13(19)5-4-6-14(12)20)17-22-18(2,3)16(8-21)23(17)9-11/h4-7,9,16H,10H2,1-3H3. The van der Waals surface area contributed by atoms with Crippen molar-refractivity contribution in [1.29, 1.82) is 5.26 Å². The first-order chi connectivity index (χ1) is 11.3. The molecule has 24 heavy (non-hydrogen) atoms. The van der Waals surface area contributed by atoms with Gasteiger partial charge in [-0.3, -0.25) is 4.99 Å². The Hall–Kier alpha value is -2.68. The summed E-state index contributed by atoms with van der Waals surface area (Å²) in [6.07, 6.45) is 3.59. The van der Waals surface area contributed by atoms with Crippen molar-refractivity contribution in [3.8, 4) is 6.07 Å². The van der Waals surface area contributed by atoms with Crippen molar-refractivity contribution in [1.82, 2.24) is 4.90 Å². The topological polar surface area (TPSA) is 48.6 Å². The number of fused-ring (bicyclic) bond motifs is 1. The minimum absolute atomic E-state index is 0.133. The zero-order valence-corrected chi connectivity index (χ0v) is 13.7. The largest absolute Gasteiger partial charge is 0.485 e. The highest BCUT2D eigenvalue weighted by atomic mass is 19.1. The minimum Gasteiger partial charge on any atom is -0.485 e. The second-order valence-corrected chi connectivity index (χ2v) is 6.40. The van der Waals surface area contributed by atoms with Gasteiger partial charge in [-0.05, 0) is 44.6 Å². The molecule has 0 aromatic heterocycles. The molecule has 2 aliphatic rings. The Morgan fingerprint density at radius 1 is 1.33 bits per heavy atom. The number of rotatable bonds is 3. The summed E-state index contributed by atoms with van der Waals surface area (Å²) in [6, 6.07) is 5.48. The van der Waals surface area contributed by atoms with E-state index >= 15 is 0 Å². The maximum atomic E-state index is 13.8. The van der Waals surface area contributed by atoms with Crippen molar-refractivity contribution < 1.29 is 13.5 Å². The number of hydrogen-bond donors (Lipinski definition) is 0. The van der Waals surface area contributed by atoms with Gasteiger partial charge in [0.05, 0.1) is 17.2 Å². The molecule has 1 aromatic carbocycles. The third kappa shape index (κ3) is 2.67. The zero-order chi connectivity index (χ0) is 17.5. The lowest BCUT2D eigenvalue weighted by Gasteiger charge is -2.28. The molecule has 0 amide bonds. The molecule has 1 atom stereocenters. The van der Waals surface area contributed by atoms with Crippen LogP contribution < -0.4 is 0 Å². The lowest BCUT2D eigenvalue weighted by atomic mass is 9.97. The molecular formula is C18H17F2N3O. The molecule has 0 saturated carbocycles. The fourth-order valence-electron chi connectivity index (χ4n) is 2.85. The highest BCUT2D eigenvalue weighted by Gasteiger charge is 2.44. The molecule has 124 valence electrons. The highest BCUT2D eigenvalue weighted by Crippen LogP contribution is 2.34. The average Bonchev–Trinajstić information content (AvgIpc) is 2.76. The lowest BCUT2D eigenvalue weighted by molar-refractivity contribution is 0.203. The summed E-state index contributed by atoms with van der Waals surface area (Å²) >= 11 is 0. The summed E-state index contributed by atoms with van der Waals surface area (Å²) < 4.78 is 33.2. The third-order valence-electron chi connectivity index (χ3n) is 4.06. The van der Waals surface area contributed by atoms with Gasteiger partial charge in [-0.25, -0.2) is 8.78 Å². The van der Waals surface area contributed by atoms with E-state index in [1.54, 1.807) is 11.0 Å². The molecule has 1 unspecified atom stereocenters. The predicted octanol–water partition coefficient (Wildman–Crippen LogP) is 3.67. The molecule has 2 aliphatic heterocycles. The quantitative estimate of drug-likeness (QED) is 0.850. The molecule has 0 fully saturated rings. The van der Waals surface area contributed by atoms with E-state index in [9.17, 15) is 14.0 Å². The van der Waals surface area contributed by atoms with E-state index in [0.29, 0.717) is 11.6 Å². The van der Waals surface area contributed by atoms with Gasteiger partial charge in [0.15, 0.2) is 11.6 Å². The molecule has 1 aromatic rings. The van der Waals surface area contributed by atoms with Gasteiger partial charge in [-0.1, -0.05) is 6.07 Å². The molecule has 6 heteroatoms. The molecule has 3 rings (SSSR count). The highest BCUT2D eigenvalue weighted by molar-refractivity contribution is 6.01. The molecule has 0 aliphatic carbocycles. The van der Waals surface area contributed by atoms with Crippen LogP contribution in [-0.2, 0) is 11.3 Å². The number of amidine groups is 1. The first-order valence-corrected chi connectivity index (χ1v) is 7.57. The van der Waals surface area contributed by atoms with Gasteiger partial charge in [-0.15, -0.1) is 0 Å². The minimum atomic E-state index is -0.654. The number of ether oxygens (including phenoxy) is 1. The van der Waals surface area contributed by atoms with Gasteiger partial charge in [0.25, 0.3) is 0 Å². The van der Waals surface area contributed by atoms with Crippen molar-refractivity contribution in [3.05, 3.63) is 59.0 Å². The molecule has 0 N–H and O–H groups in total. The summed E-state index contributed by atoms with van der Waals surface area (Å²) in [4.78, 5) is 6.31. The number of benzene rings is 1. The number of halogens is 2. The number of aliphatic imine (C=N–C) groups is 1. The van der Waals surface area contributed by atoms with Gasteiger partial charge >= 0.3 is 0 Å².